The summed E-state index contributed by atoms with van der Waals surface area (Å²) in [5.41, 5.74) is 6.83. The summed E-state index contributed by atoms with van der Waals surface area (Å²) < 4.78 is 0. The fourth-order valence-electron chi connectivity index (χ4n) is 4.03. The Kier molecular flexibility index (Phi) is 8.48. The minimum atomic E-state index is -0.123. The maximum atomic E-state index is 12.7. The van der Waals surface area contributed by atoms with Crippen LogP contribution in [0.5, 0.6) is 0 Å². The van der Waals surface area contributed by atoms with E-state index in [0.29, 0.717) is 26.2 Å². The molecule has 10 heteroatoms. The SMILES string of the molecule is CC(CN)C(=O)N1CCN(Cc2nc3sc4c(c3c(=O)[nH]2)CCCC4)CC1.Cl.Cl. The Morgan fingerprint density at radius 3 is 2.59 bits per heavy atom. The van der Waals surface area contributed by atoms with Crippen molar-refractivity contribution in [1.29, 1.82) is 0 Å². The predicted molar refractivity (Wildman–Crippen MR) is 121 cm³/mol. The molecule has 0 radical (unpaired) electrons. The molecule has 0 aromatic carbocycles. The van der Waals surface area contributed by atoms with E-state index in [1.165, 1.54) is 16.9 Å². The average molecular weight is 462 g/mol. The van der Waals surface area contributed by atoms with Gasteiger partial charge in [-0.3, -0.25) is 14.5 Å². The molecule has 1 aliphatic heterocycles. The molecular formula is C19H29Cl2N5O2S. The number of nitrogens with two attached hydrogens (primary N) is 1. The van der Waals surface area contributed by atoms with Crippen LogP contribution in [0.25, 0.3) is 10.2 Å². The van der Waals surface area contributed by atoms with E-state index in [1.807, 2.05) is 11.8 Å². The highest BCUT2D eigenvalue weighted by atomic mass is 35.5. The standard InChI is InChI=1S/C19H27N5O2S.2ClH/c1-12(10-20)19(26)24-8-6-23(7-9-24)11-15-21-17(25)16-13-4-2-3-5-14(13)27-18(16)22-15;;/h12H,2-11,20H2,1H3,(H,21,22,25);2*1H. The number of thiophene rings is 1. The summed E-state index contributed by atoms with van der Waals surface area (Å²) >= 11 is 1.69. The van der Waals surface area contributed by atoms with Crippen LogP contribution < -0.4 is 11.3 Å². The third-order valence-electron chi connectivity index (χ3n) is 5.71. The Bertz CT molecular complexity index is 908. The molecule has 2 aromatic heterocycles. The van der Waals surface area contributed by atoms with Gasteiger partial charge in [-0.25, -0.2) is 4.98 Å². The number of halogens is 2. The van der Waals surface area contributed by atoms with Gasteiger partial charge in [0, 0.05) is 43.5 Å². The molecule has 0 saturated carbocycles. The normalized spacial score (nSPS) is 17.9. The van der Waals surface area contributed by atoms with Gasteiger partial charge in [0.2, 0.25) is 5.91 Å². The number of hydrogen-bond donors (Lipinski definition) is 2. The number of aromatic amines is 1. The van der Waals surface area contributed by atoms with Gasteiger partial charge >= 0.3 is 0 Å². The number of aryl methyl sites for hydroxylation is 2. The van der Waals surface area contributed by atoms with Crippen molar-refractivity contribution in [2.75, 3.05) is 32.7 Å². The molecule has 1 aliphatic carbocycles. The number of nitrogens with one attached hydrogen (secondary N) is 1. The molecule has 2 aromatic rings. The molecule has 162 valence electrons. The lowest BCUT2D eigenvalue weighted by atomic mass is 9.97. The average Bonchev–Trinajstić information content (AvgIpc) is 3.06. The molecule has 3 heterocycles. The van der Waals surface area contributed by atoms with E-state index in [9.17, 15) is 9.59 Å². The summed E-state index contributed by atoms with van der Waals surface area (Å²) in [5, 5.41) is 0.810. The summed E-state index contributed by atoms with van der Waals surface area (Å²) in [6.07, 6.45) is 4.43. The zero-order valence-electron chi connectivity index (χ0n) is 16.6. The number of carbonyl (C=O) groups excluding carboxylic acids is 1. The lowest BCUT2D eigenvalue weighted by molar-refractivity contribution is -0.136. The van der Waals surface area contributed by atoms with Gasteiger partial charge in [0.25, 0.3) is 5.56 Å². The van der Waals surface area contributed by atoms with Crippen LogP contribution in [0, 0.1) is 5.92 Å². The highest BCUT2D eigenvalue weighted by molar-refractivity contribution is 7.18. The predicted octanol–water partition coefficient (Wildman–Crippen LogP) is 1.95. The summed E-state index contributed by atoms with van der Waals surface area (Å²) in [4.78, 5) is 39.0. The number of fused-ring (bicyclic) bond motifs is 3. The fraction of sp³-hybridized carbons (Fsp3) is 0.632. The number of nitrogens with zero attached hydrogens (tertiary/aromatic N) is 3. The topological polar surface area (TPSA) is 95.3 Å². The molecule has 0 spiro atoms. The molecule has 2 aliphatic rings. The van der Waals surface area contributed by atoms with Gasteiger partial charge in [0.1, 0.15) is 10.7 Å². The van der Waals surface area contributed by atoms with Gasteiger partial charge in [0.15, 0.2) is 0 Å². The van der Waals surface area contributed by atoms with Crippen LogP contribution in [0.4, 0.5) is 0 Å². The molecule has 4 rings (SSSR count). The summed E-state index contributed by atoms with van der Waals surface area (Å²) in [6.45, 7) is 5.83. The largest absolute Gasteiger partial charge is 0.340 e. The molecule has 1 amide bonds. The van der Waals surface area contributed by atoms with Gasteiger partial charge in [-0.05, 0) is 31.2 Å². The summed E-state index contributed by atoms with van der Waals surface area (Å²) in [7, 11) is 0. The fourth-order valence-corrected chi connectivity index (χ4v) is 5.31. The number of rotatable bonds is 4. The highest BCUT2D eigenvalue weighted by Crippen LogP contribution is 2.33. The Morgan fingerprint density at radius 2 is 1.90 bits per heavy atom. The zero-order valence-corrected chi connectivity index (χ0v) is 19.1. The van der Waals surface area contributed by atoms with E-state index in [1.54, 1.807) is 11.3 Å². The van der Waals surface area contributed by atoms with Crippen LogP contribution in [0.15, 0.2) is 4.79 Å². The zero-order chi connectivity index (χ0) is 19.0. The van der Waals surface area contributed by atoms with Crippen molar-refractivity contribution in [3.8, 4) is 0 Å². The molecule has 3 N–H and O–H groups in total. The van der Waals surface area contributed by atoms with Crippen molar-refractivity contribution >= 4 is 52.3 Å². The molecule has 1 atom stereocenters. The number of aromatic nitrogens is 2. The number of carbonyl (C=O) groups is 1. The molecule has 29 heavy (non-hydrogen) atoms. The van der Waals surface area contributed by atoms with Crippen molar-refractivity contribution in [3.63, 3.8) is 0 Å². The van der Waals surface area contributed by atoms with Crippen LogP contribution in [0.1, 0.15) is 36.0 Å². The van der Waals surface area contributed by atoms with Gasteiger partial charge < -0.3 is 15.6 Å². The monoisotopic (exact) mass is 461 g/mol. The van der Waals surface area contributed by atoms with E-state index in [4.69, 9.17) is 10.7 Å². The molecule has 0 bridgehead atoms. The smallest absolute Gasteiger partial charge is 0.259 e. The molecular weight excluding hydrogens is 433 g/mol. The van der Waals surface area contributed by atoms with E-state index in [0.717, 1.165) is 48.4 Å². The number of H-pyrrole nitrogens is 1. The molecule has 1 fully saturated rings. The third kappa shape index (κ3) is 4.94. The number of piperazine rings is 1. The van der Waals surface area contributed by atoms with E-state index in [-0.39, 0.29) is 42.2 Å². The van der Waals surface area contributed by atoms with Crippen molar-refractivity contribution in [1.82, 2.24) is 19.8 Å². The van der Waals surface area contributed by atoms with Crippen molar-refractivity contribution < 1.29 is 4.79 Å². The Balaban J connectivity index is 0.00000150. The minimum Gasteiger partial charge on any atom is -0.340 e. The molecule has 1 saturated heterocycles. The second kappa shape index (κ2) is 10.2. The van der Waals surface area contributed by atoms with Crippen LogP contribution in [0.2, 0.25) is 0 Å². The van der Waals surface area contributed by atoms with E-state index in [2.05, 4.69) is 9.88 Å². The summed E-state index contributed by atoms with van der Waals surface area (Å²) in [5.74, 6) is 0.734. The first kappa shape index (κ1) is 24.1. The van der Waals surface area contributed by atoms with Crippen molar-refractivity contribution in [3.05, 3.63) is 26.6 Å². The lowest BCUT2D eigenvalue weighted by Gasteiger charge is -2.35. The van der Waals surface area contributed by atoms with Crippen molar-refractivity contribution in [2.24, 2.45) is 11.7 Å². The Labute approximate surface area is 186 Å². The first-order valence-electron chi connectivity index (χ1n) is 9.81. The van der Waals surface area contributed by atoms with Crippen LogP contribution in [-0.2, 0) is 24.2 Å². The highest BCUT2D eigenvalue weighted by Gasteiger charge is 2.25. The lowest BCUT2D eigenvalue weighted by Crippen LogP contribution is -2.50. The molecule has 1 unspecified atom stereocenters. The van der Waals surface area contributed by atoms with Gasteiger partial charge in [-0.15, -0.1) is 36.2 Å². The first-order chi connectivity index (χ1) is 13.1. The Hall–Kier alpha value is -1.19. The quantitative estimate of drug-likeness (QED) is 0.724. The first-order valence-corrected chi connectivity index (χ1v) is 10.6. The second-order valence-electron chi connectivity index (χ2n) is 7.64. The third-order valence-corrected chi connectivity index (χ3v) is 6.89. The van der Waals surface area contributed by atoms with Gasteiger partial charge in [-0.1, -0.05) is 6.92 Å². The summed E-state index contributed by atoms with van der Waals surface area (Å²) in [6, 6.07) is 0. The minimum absolute atomic E-state index is 0. The Morgan fingerprint density at radius 1 is 1.21 bits per heavy atom. The van der Waals surface area contributed by atoms with Crippen LogP contribution >= 0.6 is 36.2 Å². The van der Waals surface area contributed by atoms with Crippen LogP contribution in [0.3, 0.4) is 0 Å². The second-order valence-corrected chi connectivity index (χ2v) is 8.73. The van der Waals surface area contributed by atoms with Gasteiger partial charge in [-0.2, -0.15) is 0 Å². The van der Waals surface area contributed by atoms with Crippen LogP contribution in [-0.4, -0.2) is 58.4 Å². The maximum absolute atomic E-state index is 12.7. The maximum Gasteiger partial charge on any atom is 0.259 e. The van der Waals surface area contributed by atoms with Crippen molar-refractivity contribution in [2.45, 2.75) is 39.2 Å². The molecule has 7 nitrogen and oxygen atoms in total. The van der Waals surface area contributed by atoms with Gasteiger partial charge in [0.05, 0.1) is 11.9 Å². The van der Waals surface area contributed by atoms with E-state index < -0.39 is 0 Å². The van der Waals surface area contributed by atoms with E-state index >= 15 is 0 Å². The number of hydrogen-bond acceptors (Lipinski definition) is 6. The number of amides is 1.